The summed E-state index contributed by atoms with van der Waals surface area (Å²) in [4.78, 5) is 10.3. The van der Waals surface area contributed by atoms with Gasteiger partial charge in [-0.25, -0.2) is 0 Å². The van der Waals surface area contributed by atoms with Gasteiger partial charge in [-0.05, 0) is 36.8 Å². The minimum Gasteiger partial charge on any atom is -0.493 e. The van der Waals surface area contributed by atoms with Gasteiger partial charge in [-0.1, -0.05) is 19.1 Å². The van der Waals surface area contributed by atoms with E-state index in [0.717, 1.165) is 12.8 Å². The molecule has 2 atom stereocenters. The van der Waals surface area contributed by atoms with Crippen LogP contribution < -0.4 is 4.74 Å². The van der Waals surface area contributed by atoms with Crippen molar-refractivity contribution in [2.24, 2.45) is 11.8 Å². The molecule has 0 aromatic heterocycles. The molecule has 20 heavy (non-hydrogen) atoms. The van der Waals surface area contributed by atoms with Crippen LogP contribution in [0.25, 0.3) is 0 Å². The second kappa shape index (κ2) is 6.20. The lowest BCUT2D eigenvalue weighted by Crippen LogP contribution is -2.21. The molecule has 0 radical (unpaired) electrons. The average Bonchev–Trinajstić information content (AvgIpc) is 2.46. The molecule has 0 saturated heterocycles. The van der Waals surface area contributed by atoms with Gasteiger partial charge in [0.1, 0.15) is 17.4 Å². The van der Waals surface area contributed by atoms with E-state index in [9.17, 15) is 10.1 Å². The molecule has 0 spiro atoms. The number of nitrogens with zero attached hydrogens (tertiary/aromatic N) is 2. The second-order valence-electron chi connectivity index (χ2n) is 5.04. The van der Waals surface area contributed by atoms with Crippen LogP contribution in [0.15, 0.2) is 30.4 Å². The van der Waals surface area contributed by atoms with Gasteiger partial charge in [-0.2, -0.15) is 5.26 Å². The van der Waals surface area contributed by atoms with Gasteiger partial charge in [0.25, 0.3) is 5.69 Å². The summed E-state index contributed by atoms with van der Waals surface area (Å²) < 4.78 is 5.66. The number of hydrogen-bond acceptors (Lipinski definition) is 4. The van der Waals surface area contributed by atoms with E-state index in [4.69, 9.17) is 10.00 Å². The van der Waals surface area contributed by atoms with Crippen molar-refractivity contribution < 1.29 is 9.66 Å². The van der Waals surface area contributed by atoms with Crippen LogP contribution in [0.3, 0.4) is 0 Å². The van der Waals surface area contributed by atoms with Crippen LogP contribution in [-0.2, 0) is 0 Å². The minimum atomic E-state index is -0.558. The van der Waals surface area contributed by atoms with Crippen LogP contribution in [0.5, 0.6) is 5.75 Å². The summed E-state index contributed by atoms with van der Waals surface area (Å²) in [5.41, 5.74) is -0.155. The standard InChI is InChI=1S/C15H16N2O3/c1-11-4-2-3-5-13(11)10-20-14-7-6-12(9-16)15(8-14)17(18)19/h2-3,6-8,11,13H,4-5,10H2,1H3. The Hall–Kier alpha value is -2.35. The lowest BCUT2D eigenvalue weighted by molar-refractivity contribution is -0.385. The first-order valence-electron chi connectivity index (χ1n) is 6.58. The molecule has 0 fully saturated rings. The maximum atomic E-state index is 10.9. The van der Waals surface area contributed by atoms with Crippen molar-refractivity contribution in [3.63, 3.8) is 0 Å². The van der Waals surface area contributed by atoms with Crippen LogP contribution in [0.2, 0.25) is 0 Å². The van der Waals surface area contributed by atoms with Gasteiger partial charge in [0, 0.05) is 0 Å². The van der Waals surface area contributed by atoms with Crippen LogP contribution in [0.4, 0.5) is 5.69 Å². The minimum absolute atomic E-state index is 0.0521. The van der Waals surface area contributed by atoms with E-state index in [1.54, 1.807) is 6.07 Å². The Labute approximate surface area is 117 Å². The summed E-state index contributed by atoms with van der Waals surface area (Å²) in [7, 11) is 0. The molecule has 0 saturated carbocycles. The molecule has 0 heterocycles. The van der Waals surface area contributed by atoms with Crippen molar-refractivity contribution in [1.29, 1.82) is 5.26 Å². The molecule has 2 unspecified atom stereocenters. The zero-order valence-electron chi connectivity index (χ0n) is 11.3. The van der Waals surface area contributed by atoms with Crippen molar-refractivity contribution in [1.82, 2.24) is 0 Å². The molecule has 5 nitrogen and oxygen atoms in total. The zero-order chi connectivity index (χ0) is 14.5. The highest BCUT2D eigenvalue weighted by atomic mass is 16.6. The van der Waals surface area contributed by atoms with E-state index in [1.807, 2.05) is 6.07 Å². The van der Waals surface area contributed by atoms with E-state index in [-0.39, 0.29) is 11.3 Å². The lowest BCUT2D eigenvalue weighted by Gasteiger charge is -2.25. The molecule has 104 valence electrons. The number of benzene rings is 1. The molecule has 2 rings (SSSR count). The second-order valence-corrected chi connectivity index (χ2v) is 5.04. The quantitative estimate of drug-likeness (QED) is 0.478. The molecule has 1 aliphatic rings. The van der Waals surface area contributed by atoms with E-state index in [0.29, 0.717) is 24.2 Å². The third-order valence-corrected chi connectivity index (χ3v) is 3.67. The molecular formula is C15H16N2O3. The largest absolute Gasteiger partial charge is 0.493 e. The smallest absolute Gasteiger partial charge is 0.290 e. The maximum Gasteiger partial charge on any atom is 0.290 e. The Morgan fingerprint density at radius 2 is 2.20 bits per heavy atom. The summed E-state index contributed by atoms with van der Waals surface area (Å²) in [6, 6.07) is 6.17. The van der Waals surface area contributed by atoms with Gasteiger partial charge in [-0.15, -0.1) is 0 Å². The fourth-order valence-electron chi connectivity index (χ4n) is 2.29. The Morgan fingerprint density at radius 1 is 1.45 bits per heavy atom. The summed E-state index contributed by atoms with van der Waals surface area (Å²) in [5, 5.41) is 19.7. The van der Waals surface area contributed by atoms with Crippen LogP contribution >= 0.6 is 0 Å². The number of nitro benzene ring substituents is 1. The Balaban J connectivity index is 2.07. The molecule has 1 aromatic rings. The van der Waals surface area contributed by atoms with Gasteiger partial charge in [0.15, 0.2) is 0 Å². The number of nitro groups is 1. The van der Waals surface area contributed by atoms with Crippen molar-refractivity contribution >= 4 is 5.69 Å². The highest BCUT2D eigenvalue weighted by molar-refractivity contribution is 5.52. The van der Waals surface area contributed by atoms with Gasteiger partial charge < -0.3 is 4.74 Å². The molecule has 0 bridgehead atoms. The highest BCUT2D eigenvalue weighted by Gasteiger charge is 2.20. The van der Waals surface area contributed by atoms with Gasteiger partial charge in [0.2, 0.25) is 0 Å². The van der Waals surface area contributed by atoms with E-state index >= 15 is 0 Å². The molecule has 0 aliphatic heterocycles. The summed E-state index contributed by atoms with van der Waals surface area (Å²) in [6.45, 7) is 2.72. The lowest BCUT2D eigenvalue weighted by atomic mass is 9.85. The van der Waals surface area contributed by atoms with Crippen molar-refractivity contribution in [2.75, 3.05) is 6.61 Å². The fourth-order valence-corrected chi connectivity index (χ4v) is 2.29. The van der Waals surface area contributed by atoms with Crippen LogP contribution in [0.1, 0.15) is 25.3 Å². The molecule has 0 N–H and O–H groups in total. The Kier molecular flexibility index (Phi) is 4.36. The predicted molar refractivity (Wildman–Crippen MR) is 74.3 cm³/mol. The number of ether oxygens (including phenoxy) is 1. The molecule has 1 aliphatic carbocycles. The van der Waals surface area contributed by atoms with E-state index < -0.39 is 4.92 Å². The Morgan fingerprint density at radius 3 is 2.85 bits per heavy atom. The van der Waals surface area contributed by atoms with Crippen molar-refractivity contribution in [3.8, 4) is 11.8 Å². The average molecular weight is 272 g/mol. The van der Waals surface area contributed by atoms with Gasteiger partial charge in [-0.3, -0.25) is 10.1 Å². The van der Waals surface area contributed by atoms with Crippen LogP contribution in [-0.4, -0.2) is 11.5 Å². The number of rotatable bonds is 4. The number of nitriles is 1. The normalized spacial score (nSPS) is 21.2. The third kappa shape index (κ3) is 3.15. The maximum absolute atomic E-state index is 10.9. The third-order valence-electron chi connectivity index (χ3n) is 3.67. The molecule has 1 aromatic carbocycles. The first-order valence-corrected chi connectivity index (χ1v) is 6.58. The fraction of sp³-hybridized carbons (Fsp3) is 0.400. The summed E-state index contributed by atoms with van der Waals surface area (Å²) in [5.74, 6) is 1.42. The highest BCUT2D eigenvalue weighted by Crippen LogP contribution is 2.28. The van der Waals surface area contributed by atoms with E-state index in [2.05, 4.69) is 19.1 Å². The molecule has 5 heteroatoms. The zero-order valence-corrected chi connectivity index (χ0v) is 11.3. The number of hydrogen-bond donors (Lipinski definition) is 0. The molecular weight excluding hydrogens is 256 g/mol. The van der Waals surface area contributed by atoms with E-state index in [1.165, 1.54) is 12.1 Å². The topological polar surface area (TPSA) is 76.2 Å². The monoisotopic (exact) mass is 272 g/mol. The summed E-state index contributed by atoms with van der Waals surface area (Å²) in [6.07, 6.45) is 6.34. The predicted octanol–water partition coefficient (Wildman–Crippen LogP) is 3.45. The first kappa shape index (κ1) is 14.1. The number of allylic oxidation sites excluding steroid dienone is 2. The Bertz CT molecular complexity index is 575. The van der Waals surface area contributed by atoms with Crippen molar-refractivity contribution in [2.45, 2.75) is 19.8 Å². The van der Waals surface area contributed by atoms with Gasteiger partial charge >= 0.3 is 0 Å². The summed E-state index contributed by atoms with van der Waals surface area (Å²) >= 11 is 0. The van der Waals surface area contributed by atoms with Gasteiger partial charge in [0.05, 0.1) is 17.6 Å². The van der Waals surface area contributed by atoms with Crippen LogP contribution in [0, 0.1) is 33.3 Å². The SMILES string of the molecule is CC1CC=CCC1COc1ccc(C#N)c([N+](=O)[O-])c1. The first-order chi connectivity index (χ1) is 9.61. The van der Waals surface area contributed by atoms with Crippen molar-refractivity contribution in [3.05, 3.63) is 46.0 Å². The molecule has 0 amide bonds.